The summed E-state index contributed by atoms with van der Waals surface area (Å²) >= 11 is 6.03. The third-order valence-corrected chi connectivity index (χ3v) is 10.8. The number of halogens is 1. The van der Waals surface area contributed by atoms with E-state index in [-0.39, 0.29) is 50.2 Å². The lowest BCUT2D eigenvalue weighted by Crippen LogP contribution is -2.64. The summed E-state index contributed by atoms with van der Waals surface area (Å²) in [6.45, 7) is 8.80. The minimum Gasteiger partial charge on any atom is -0.487 e. The molecule has 13 nitrogen and oxygen atoms in total. The van der Waals surface area contributed by atoms with Gasteiger partial charge >= 0.3 is 12.2 Å². The van der Waals surface area contributed by atoms with Crippen molar-refractivity contribution in [3.63, 3.8) is 0 Å². The fraction of sp³-hybridized carbons (Fsp3) is 0.645. The molecule has 0 unspecified atom stereocenters. The Hall–Kier alpha value is -3.07. The number of hydrogen-bond acceptors (Lipinski definition) is 9. The number of nitrogens with one attached hydrogen (secondary N) is 1. The molecule has 0 saturated carbocycles. The molecular formula is C31H44ClN5O8S. The lowest BCUT2D eigenvalue weighted by atomic mass is 9.86. The second-order valence-corrected chi connectivity index (χ2v) is 15.7. The molecule has 3 amide bonds. The number of fused-ring (bicyclic) bond motifs is 1. The minimum absolute atomic E-state index is 0.0629. The molecular weight excluding hydrogens is 638 g/mol. The maximum Gasteiger partial charge on any atom is 0.410 e. The number of carbonyl (C=O) groups is 3. The highest BCUT2D eigenvalue weighted by molar-refractivity contribution is 7.93. The van der Waals surface area contributed by atoms with Crippen LogP contribution in [0.1, 0.15) is 52.0 Å². The zero-order chi connectivity index (χ0) is 33.1. The van der Waals surface area contributed by atoms with Crippen LogP contribution in [0.2, 0.25) is 5.02 Å². The van der Waals surface area contributed by atoms with Gasteiger partial charge in [-0.1, -0.05) is 11.6 Å². The fourth-order valence-electron chi connectivity index (χ4n) is 6.15. The van der Waals surface area contributed by atoms with Crippen LogP contribution < -0.4 is 10.1 Å². The minimum atomic E-state index is -3.97. The zero-order valence-electron chi connectivity index (χ0n) is 26.8. The first-order valence-corrected chi connectivity index (χ1v) is 17.6. The van der Waals surface area contributed by atoms with Crippen molar-refractivity contribution in [1.82, 2.24) is 24.3 Å². The molecule has 0 radical (unpaired) electrons. The molecule has 3 fully saturated rings. The third kappa shape index (κ3) is 8.44. The molecule has 1 aromatic carbocycles. The monoisotopic (exact) mass is 681 g/mol. The van der Waals surface area contributed by atoms with Gasteiger partial charge in [-0.15, -0.1) is 0 Å². The van der Waals surface area contributed by atoms with E-state index in [4.69, 9.17) is 25.8 Å². The summed E-state index contributed by atoms with van der Waals surface area (Å²) in [5, 5.41) is 3.51. The van der Waals surface area contributed by atoms with Gasteiger partial charge in [0.15, 0.2) is 0 Å². The summed E-state index contributed by atoms with van der Waals surface area (Å²) in [5.74, 6) is 0.120. The molecule has 4 heterocycles. The van der Waals surface area contributed by atoms with Crippen LogP contribution in [0.25, 0.3) is 6.08 Å². The number of alkyl carbamates (subject to hydrolysis) is 1. The average Bonchev–Trinajstić information content (AvgIpc) is 3.51. The van der Waals surface area contributed by atoms with Crippen molar-refractivity contribution < 1.29 is 37.0 Å². The standard InChI is InChI=1S/C31H44ClN5O8S/c1-30(2,3)45-29(40)35-12-8-31(9-13-35,33-28(39)43-17-16-34-10-4-5-11-34)22-36-14-15-37(20-27(36)38)46(41,42)25-18-23-6-7-24(32)19-26(23)44-21-25/h6-7,18-19H,4-5,8-17,20-22H2,1-3H3,(H,33,39). The van der Waals surface area contributed by atoms with Crippen LogP contribution in [0, 0.1) is 0 Å². The summed E-state index contributed by atoms with van der Waals surface area (Å²) in [4.78, 5) is 44.7. The number of piperazine rings is 1. The Bertz CT molecular complexity index is 1450. The molecule has 0 aliphatic carbocycles. The molecule has 4 aliphatic rings. The first-order chi connectivity index (χ1) is 21.7. The lowest BCUT2D eigenvalue weighted by molar-refractivity contribution is -0.135. The first-order valence-electron chi connectivity index (χ1n) is 15.8. The number of likely N-dealkylation sites (tertiary alicyclic amines) is 2. The van der Waals surface area contributed by atoms with Crippen LogP contribution in [0.4, 0.5) is 9.59 Å². The maximum absolute atomic E-state index is 13.5. The predicted molar refractivity (Wildman–Crippen MR) is 172 cm³/mol. The molecule has 0 bridgehead atoms. The molecule has 5 rings (SSSR count). The highest BCUT2D eigenvalue weighted by atomic mass is 35.5. The fourth-order valence-corrected chi connectivity index (χ4v) is 7.73. The normalized spacial score (nSPS) is 20.9. The molecule has 3 saturated heterocycles. The number of benzene rings is 1. The Morgan fingerprint density at radius 3 is 2.46 bits per heavy atom. The summed E-state index contributed by atoms with van der Waals surface area (Å²) in [5.41, 5.74) is -0.922. The second-order valence-electron chi connectivity index (χ2n) is 13.3. The molecule has 15 heteroatoms. The van der Waals surface area contributed by atoms with E-state index in [1.807, 2.05) is 0 Å². The summed E-state index contributed by atoms with van der Waals surface area (Å²) in [6, 6.07) is 4.97. The largest absolute Gasteiger partial charge is 0.487 e. The quantitative estimate of drug-likeness (QED) is 0.439. The van der Waals surface area contributed by atoms with Crippen LogP contribution in [0.5, 0.6) is 5.75 Å². The van der Waals surface area contributed by atoms with Gasteiger partial charge in [0.1, 0.15) is 24.6 Å². The number of sulfonamides is 1. The van der Waals surface area contributed by atoms with Gasteiger partial charge in [-0.25, -0.2) is 18.0 Å². The number of rotatable bonds is 8. The van der Waals surface area contributed by atoms with Crippen molar-refractivity contribution >= 4 is 45.8 Å². The maximum atomic E-state index is 13.5. The number of amides is 3. The summed E-state index contributed by atoms with van der Waals surface area (Å²) < 4.78 is 44.9. The van der Waals surface area contributed by atoms with Gasteiger partial charge in [-0.05, 0) is 83.8 Å². The topological polar surface area (TPSA) is 138 Å². The smallest absolute Gasteiger partial charge is 0.410 e. The van der Waals surface area contributed by atoms with E-state index in [2.05, 4.69) is 10.2 Å². The molecule has 0 atom stereocenters. The van der Waals surface area contributed by atoms with Gasteiger partial charge in [0, 0.05) is 49.9 Å². The van der Waals surface area contributed by atoms with E-state index in [1.165, 1.54) is 4.31 Å². The average molecular weight is 682 g/mol. The highest BCUT2D eigenvalue weighted by Crippen LogP contribution is 2.32. The van der Waals surface area contributed by atoms with E-state index < -0.39 is 33.3 Å². The lowest BCUT2D eigenvalue weighted by Gasteiger charge is -2.45. The van der Waals surface area contributed by atoms with Crippen LogP contribution in [0.3, 0.4) is 0 Å². The number of hydrogen-bond donors (Lipinski definition) is 1. The molecule has 1 aromatic rings. The highest BCUT2D eigenvalue weighted by Gasteiger charge is 2.43. The van der Waals surface area contributed by atoms with Crippen molar-refractivity contribution in [3.8, 4) is 5.75 Å². The Morgan fingerprint density at radius 2 is 1.78 bits per heavy atom. The van der Waals surface area contributed by atoms with Crippen LogP contribution in [-0.4, -0.2) is 129 Å². The Morgan fingerprint density at radius 1 is 1.07 bits per heavy atom. The molecule has 46 heavy (non-hydrogen) atoms. The molecule has 254 valence electrons. The Labute approximate surface area is 275 Å². The van der Waals surface area contributed by atoms with Gasteiger partial charge in [0.05, 0.1) is 17.0 Å². The van der Waals surface area contributed by atoms with Crippen molar-refractivity contribution in [2.75, 3.05) is 72.1 Å². The zero-order valence-corrected chi connectivity index (χ0v) is 28.3. The summed E-state index contributed by atoms with van der Waals surface area (Å²) in [6.07, 6.45) is 3.55. The molecule has 4 aliphatic heterocycles. The van der Waals surface area contributed by atoms with Crippen molar-refractivity contribution in [3.05, 3.63) is 33.7 Å². The molecule has 0 spiro atoms. The van der Waals surface area contributed by atoms with Gasteiger partial charge in [-0.3, -0.25) is 9.69 Å². The summed E-state index contributed by atoms with van der Waals surface area (Å²) in [7, 11) is -3.97. The van der Waals surface area contributed by atoms with Gasteiger partial charge < -0.3 is 29.3 Å². The molecule has 0 aromatic heterocycles. The van der Waals surface area contributed by atoms with E-state index in [1.54, 1.807) is 54.8 Å². The number of nitrogens with zero attached hydrogens (tertiary/aromatic N) is 4. The van der Waals surface area contributed by atoms with Crippen molar-refractivity contribution in [2.24, 2.45) is 0 Å². The van der Waals surface area contributed by atoms with Crippen molar-refractivity contribution in [1.29, 1.82) is 0 Å². The number of ether oxygens (including phenoxy) is 3. The third-order valence-electron chi connectivity index (χ3n) is 8.69. The van der Waals surface area contributed by atoms with Gasteiger partial charge in [0.2, 0.25) is 15.9 Å². The van der Waals surface area contributed by atoms with Gasteiger partial charge in [-0.2, -0.15) is 4.31 Å². The van der Waals surface area contributed by atoms with Crippen LogP contribution >= 0.6 is 11.6 Å². The molecule has 1 N–H and O–H groups in total. The first kappa shape index (κ1) is 34.3. The van der Waals surface area contributed by atoms with E-state index in [0.717, 1.165) is 25.9 Å². The number of carbonyl (C=O) groups excluding carboxylic acids is 3. The van der Waals surface area contributed by atoms with Crippen LogP contribution in [-0.2, 0) is 24.3 Å². The van der Waals surface area contributed by atoms with Crippen LogP contribution in [0.15, 0.2) is 23.1 Å². The Kier molecular flexibility index (Phi) is 10.4. The second kappa shape index (κ2) is 14.0. The number of piperidine rings is 1. The van der Waals surface area contributed by atoms with Crippen molar-refractivity contribution in [2.45, 2.75) is 57.6 Å². The predicted octanol–water partition coefficient (Wildman–Crippen LogP) is 3.14. The SMILES string of the molecule is CC(C)(C)OC(=O)N1CCC(CN2CCN(S(=O)(=O)C3=Cc4ccc(Cl)cc4OC3)CC2=O)(NC(=O)OCCN2CCCC2)CC1. The van der Waals surface area contributed by atoms with E-state index in [9.17, 15) is 22.8 Å². The van der Waals surface area contributed by atoms with E-state index in [0.29, 0.717) is 48.8 Å². The van der Waals surface area contributed by atoms with E-state index >= 15 is 0 Å². The Balaban J connectivity index is 1.23. The van der Waals surface area contributed by atoms with Gasteiger partial charge in [0.25, 0.3) is 0 Å².